The van der Waals surface area contributed by atoms with Gasteiger partial charge in [0.2, 0.25) is 0 Å². The zero-order valence-corrected chi connectivity index (χ0v) is 6.89. The zero-order chi connectivity index (χ0) is 10.1. The molecular formula is C7H6F2N4O. The van der Waals surface area contributed by atoms with E-state index >= 15 is 0 Å². The third-order valence-electron chi connectivity index (χ3n) is 1.61. The van der Waals surface area contributed by atoms with Gasteiger partial charge in [-0.05, 0) is 12.1 Å². The van der Waals surface area contributed by atoms with Crippen molar-refractivity contribution in [3.63, 3.8) is 0 Å². The van der Waals surface area contributed by atoms with Crippen LogP contribution in [0.3, 0.4) is 0 Å². The van der Waals surface area contributed by atoms with E-state index in [-0.39, 0.29) is 5.82 Å². The topological polar surface area (TPSA) is 66.0 Å². The molecule has 0 fully saturated rings. The highest BCUT2D eigenvalue weighted by Gasteiger charge is 2.12. The summed E-state index contributed by atoms with van der Waals surface area (Å²) in [5.41, 5.74) is 6.08. The second-order valence-corrected chi connectivity index (χ2v) is 2.50. The first-order valence-electron chi connectivity index (χ1n) is 3.73. The third-order valence-corrected chi connectivity index (χ3v) is 1.61. The summed E-state index contributed by atoms with van der Waals surface area (Å²) in [5.74, 6) is 0.0567. The van der Waals surface area contributed by atoms with E-state index in [0.717, 1.165) is 0 Å². The van der Waals surface area contributed by atoms with E-state index in [1.54, 1.807) is 6.07 Å². The Kier molecular flexibility index (Phi) is 1.91. The molecule has 2 heterocycles. The van der Waals surface area contributed by atoms with Gasteiger partial charge >= 0.3 is 6.61 Å². The van der Waals surface area contributed by atoms with E-state index in [1.165, 1.54) is 12.3 Å². The maximum absolute atomic E-state index is 11.9. The summed E-state index contributed by atoms with van der Waals surface area (Å²) in [4.78, 5) is 8.64. The molecule has 14 heavy (non-hydrogen) atoms. The van der Waals surface area contributed by atoms with Crippen molar-refractivity contribution in [1.82, 2.24) is 14.9 Å². The van der Waals surface area contributed by atoms with Gasteiger partial charge in [0, 0.05) is 6.20 Å². The highest BCUT2D eigenvalue weighted by molar-refractivity contribution is 5.84. The number of nitrogens with two attached hydrogens (primary N) is 1. The Bertz CT molecular complexity index is 456. The van der Waals surface area contributed by atoms with Crippen LogP contribution in [0.4, 0.5) is 14.6 Å². The molecular weight excluding hydrogens is 194 g/mol. The molecule has 0 spiro atoms. The highest BCUT2D eigenvalue weighted by atomic mass is 19.3. The van der Waals surface area contributed by atoms with Crippen LogP contribution in [-0.4, -0.2) is 21.5 Å². The largest absolute Gasteiger partial charge is 0.407 e. The Balaban J connectivity index is 2.55. The normalized spacial score (nSPS) is 11.1. The molecule has 0 saturated heterocycles. The quantitative estimate of drug-likeness (QED) is 0.773. The van der Waals surface area contributed by atoms with E-state index in [1.807, 2.05) is 0 Å². The van der Waals surface area contributed by atoms with Crippen molar-refractivity contribution in [3.05, 3.63) is 18.3 Å². The number of aromatic nitrogens is 3. The summed E-state index contributed by atoms with van der Waals surface area (Å²) in [6.45, 7) is -2.95. The van der Waals surface area contributed by atoms with Gasteiger partial charge in [-0.1, -0.05) is 4.85 Å². The fourth-order valence-electron chi connectivity index (χ4n) is 1.10. The van der Waals surface area contributed by atoms with Crippen molar-refractivity contribution in [2.45, 2.75) is 6.61 Å². The fraction of sp³-hybridized carbons (Fsp3) is 0.143. The predicted octanol–water partition coefficient (Wildman–Crippen LogP) is 0.665. The predicted molar refractivity (Wildman–Crippen MR) is 44.5 cm³/mol. The minimum atomic E-state index is -2.95. The number of rotatable bonds is 2. The first-order chi connectivity index (χ1) is 6.68. The van der Waals surface area contributed by atoms with Crippen LogP contribution >= 0.6 is 0 Å². The summed E-state index contributed by atoms with van der Waals surface area (Å²) in [7, 11) is 0. The number of hydrogen-bond donors (Lipinski definition) is 1. The minimum absolute atomic E-state index is 0.0567. The third kappa shape index (κ3) is 1.32. The maximum Gasteiger partial charge on any atom is 0.407 e. The van der Waals surface area contributed by atoms with Gasteiger partial charge in [-0.2, -0.15) is 8.78 Å². The lowest BCUT2D eigenvalue weighted by Gasteiger charge is -2.02. The highest BCUT2D eigenvalue weighted by Crippen LogP contribution is 2.16. The molecule has 2 aromatic heterocycles. The van der Waals surface area contributed by atoms with Gasteiger partial charge in [-0.3, -0.25) is 4.98 Å². The molecule has 2 N–H and O–H groups in total. The van der Waals surface area contributed by atoms with E-state index in [9.17, 15) is 8.78 Å². The maximum atomic E-state index is 11.9. The van der Waals surface area contributed by atoms with Crippen LogP contribution in [0, 0.1) is 0 Å². The van der Waals surface area contributed by atoms with E-state index in [2.05, 4.69) is 14.9 Å². The van der Waals surface area contributed by atoms with Crippen molar-refractivity contribution in [3.8, 4) is 0 Å². The van der Waals surface area contributed by atoms with Crippen molar-refractivity contribution >= 4 is 16.9 Å². The molecule has 74 valence electrons. The lowest BCUT2D eigenvalue weighted by molar-refractivity contribution is -0.138. The van der Waals surface area contributed by atoms with Crippen LogP contribution < -0.4 is 10.6 Å². The summed E-state index contributed by atoms with van der Waals surface area (Å²) < 4.78 is 23.8. The van der Waals surface area contributed by atoms with E-state index < -0.39 is 6.61 Å². The van der Waals surface area contributed by atoms with Gasteiger partial charge in [0.25, 0.3) is 0 Å². The molecule has 2 aromatic rings. The Morgan fingerprint density at radius 2 is 2.29 bits per heavy atom. The lowest BCUT2D eigenvalue weighted by Crippen LogP contribution is -2.18. The SMILES string of the molecule is Nc1nn(OC(F)F)c2cccnc12. The average Bonchev–Trinajstić information content (AvgIpc) is 2.44. The standard InChI is InChI=1S/C7H6F2N4O/c8-7(9)14-13-4-2-1-3-11-5(4)6(10)12-13/h1-3,7H,(H2,10,12). The summed E-state index contributed by atoms with van der Waals surface area (Å²) in [6, 6.07) is 3.11. The molecule has 0 aromatic carbocycles. The molecule has 0 amide bonds. The smallest absolute Gasteiger partial charge is 0.380 e. The summed E-state index contributed by atoms with van der Waals surface area (Å²) in [6.07, 6.45) is 1.49. The Morgan fingerprint density at radius 1 is 1.50 bits per heavy atom. The van der Waals surface area contributed by atoms with Gasteiger partial charge in [0.1, 0.15) is 11.0 Å². The van der Waals surface area contributed by atoms with Gasteiger partial charge in [0.15, 0.2) is 5.82 Å². The van der Waals surface area contributed by atoms with Crippen molar-refractivity contribution < 1.29 is 13.6 Å². The molecule has 0 aliphatic heterocycles. The summed E-state index contributed by atoms with van der Waals surface area (Å²) >= 11 is 0. The molecule has 0 saturated carbocycles. The number of fused-ring (bicyclic) bond motifs is 1. The fourth-order valence-corrected chi connectivity index (χ4v) is 1.10. The lowest BCUT2D eigenvalue weighted by atomic mass is 10.4. The first-order valence-corrected chi connectivity index (χ1v) is 3.73. The van der Waals surface area contributed by atoms with Crippen LogP contribution in [0.25, 0.3) is 11.0 Å². The van der Waals surface area contributed by atoms with Gasteiger partial charge in [0.05, 0.1) is 0 Å². The van der Waals surface area contributed by atoms with Crippen LogP contribution in [0.5, 0.6) is 0 Å². The van der Waals surface area contributed by atoms with Crippen LogP contribution in [-0.2, 0) is 0 Å². The molecule has 0 atom stereocenters. The summed E-state index contributed by atoms with van der Waals surface area (Å²) in [5, 5.41) is 3.56. The number of pyridine rings is 1. The van der Waals surface area contributed by atoms with Crippen LogP contribution in [0.2, 0.25) is 0 Å². The van der Waals surface area contributed by atoms with Crippen LogP contribution in [0.15, 0.2) is 18.3 Å². The molecule has 0 unspecified atom stereocenters. The molecule has 0 aliphatic carbocycles. The molecule has 0 aliphatic rings. The molecule has 7 heteroatoms. The second kappa shape index (κ2) is 3.09. The second-order valence-electron chi connectivity index (χ2n) is 2.50. The van der Waals surface area contributed by atoms with Gasteiger partial charge in [-0.15, -0.1) is 5.10 Å². The Labute approximate surface area is 77.0 Å². The molecule has 0 bridgehead atoms. The minimum Gasteiger partial charge on any atom is -0.380 e. The van der Waals surface area contributed by atoms with Crippen molar-refractivity contribution in [2.75, 3.05) is 5.73 Å². The number of halogens is 2. The van der Waals surface area contributed by atoms with E-state index in [4.69, 9.17) is 5.73 Å². The number of hydrogen-bond acceptors (Lipinski definition) is 4. The van der Waals surface area contributed by atoms with Crippen molar-refractivity contribution in [1.29, 1.82) is 0 Å². The Hall–Kier alpha value is -1.92. The first kappa shape index (κ1) is 8.67. The van der Waals surface area contributed by atoms with Crippen LogP contribution in [0.1, 0.15) is 0 Å². The monoisotopic (exact) mass is 200 g/mol. The number of nitrogens with zero attached hydrogens (tertiary/aromatic N) is 3. The number of nitrogen functional groups attached to an aromatic ring is 1. The molecule has 2 rings (SSSR count). The molecule has 5 nitrogen and oxygen atoms in total. The number of alkyl halides is 2. The van der Waals surface area contributed by atoms with E-state index in [0.29, 0.717) is 15.9 Å². The molecule has 0 radical (unpaired) electrons. The zero-order valence-electron chi connectivity index (χ0n) is 6.89. The Morgan fingerprint density at radius 3 is 3.00 bits per heavy atom. The average molecular weight is 200 g/mol. The van der Waals surface area contributed by atoms with Crippen molar-refractivity contribution in [2.24, 2.45) is 0 Å². The number of anilines is 1. The van der Waals surface area contributed by atoms with Gasteiger partial charge < -0.3 is 10.6 Å². The van der Waals surface area contributed by atoms with Gasteiger partial charge in [-0.25, -0.2) is 0 Å².